The normalized spacial score (nSPS) is 27.3. The molecule has 3 atom stereocenters. The van der Waals surface area contributed by atoms with Crippen LogP contribution in [-0.4, -0.2) is 48.4 Å². The van der Waals surface area contributed by atoms with Gasteiger partial charge in [-0.05, 0) is 32.9 Å². The van der Waals surface area contributed by atoms with E-state index < -0.39 is 17.3 Å². The van der Waals surface area contributed by atoms with E-state index in [4.69, 9.17) is 11.6 Å². The fourth-order valence-electron chi connectivity index (χ4n) is 1.98. The van der Waals surface area contributed by atoms with E-state index in [0.717, 1.165) is 19.5 Å². The summed E-state index contributed by atoms with van der Waals surface area (Å²) in [5, 5.41) is 4.34. The maximum absolute atomic E-state index is 11.5. The summed E-state index contributed by atoms with van der Waals surface area (Å²) in [4.78, 5) is 25.0. The second kappa shape index (κ2) is 6.21. The Kier molecular flexibility index (Phi) is 5.21. The van der Waals surface area contributed by atoms with Gasteiger partial charge in [-0.1, -0.05) is 6.92 Å². The van der Waals surface area contributed by atoms with Crippen molar-refractivity contribution in [3.8, 4) is 0 Å². The number of hydrogen-bond donors (Lipinski definition) is 2. The molecule has 0 aromatic heterocycles. The Morgan fingerprint density at radius 3 is 2.65 bits per heavy atom. The maximum atomic E-state index is 11.5. The highest BCUT2D eigenvalue weighted by molar-refractivity contribution is 6.31. The number of nitrogens with zero attached hydrogens (tertiary/aromatic N) is 1. The van der Waals surface area contributed by atoms with Gasteiger partial charge in [0.1, 0.15) is 5.38 Å². The molecule has 17 heavy (non-hydrogen) atoms. The summed E-state index contributed by atoms with van der Waals surface area (Å²) in [5.74, 6) is -0.0900. The van der Waals surface area contributed by atoms with Gasteiger partial charge in [-0.25, -0.2) is 4.79 Å². The van der Waals surface area contributed by atoms with Crippen LogP contribution in [0.5, 0.6) is 0 Å². The average Bonchev–Trinajstić information content (AvgIpc) is 2.22. The van der Waals surface area contributed by atoms with Crippen LogP contribution in [0.2, 0.25) is 0 Å². The van der Waals surface area contributed by atoms with E-state index in [2.05, 4.69) is 29.5 Å². The number of rotatable bonds is 2. The van der Waals surface area contributed by atoms with Crippen LogP contribution in [0.4, 0.5) is 4.79 Å². The molecule has 6 heteroatoms. The second-order valence-corrected chi connectivity index (χ2v) is 5.37. The van der Waals surface area contributed by atoms with E-state index in [1.165, 1.54) is 6.92 Å². The van der Waals surface area contributed by atoms with Gasteiger partial charge in [0.05, 0.1) is 0 Å². The van der Waals surface area contributed by atoms with Crippen molar-refractivity contribution in [1.29, 1.82) is 0 Å². The van der Waals surface area contributed by atoms with Crippen molar-refractivity contribution in [1.82, 2.24) is 15.5 Å². The summed E-state index contributed by atoms with van der Waals surface area (Å²) >= 11 is 5.56. The second-order valence-electron chi connectivity index (χ2n) is 4.71. The van der Waals surface area contributed by atoms with Crippen LogP contribution in [0.25, 0.3) is 0 Å². The molecule has 98 valence electrons. The predicted octanol–water partition coefficient (Wildman–Crippen LogP) is 0.780. The molecule has 2 N–H and O–H groups in total. The number of likely N-dealkylation sites (tertiary alicyclic amines) is 1. The van der Waals surface area contributed by atoms with E-state index in [-0.39, 0.29) is 6.04 Å². The Hall–Kier alpha value is -0.810. The van der Waals surface area contributed by atoms with Crippen LogP contribution in [0.3, 0.4) is 0 Å². The number of piperidine rings is 1. The van der Waals surface area contributed by atoms with E-state index in [0.29, 0.717) is 5.92 Å². The number of carbonyl (C=O) groups is 2. The molecule has 0 radical (unpaired) electrons. The molecule has 3 unspecified atom stereocenters. The Labute approximate surface area is 107 Å². The van der Waals surface area contributed by atoms with E-state index >= 15 is 0 Å². The molecular formula is C11H20ClN3O2. The third-order valence-electron chi connectivity index (χ3n) is 3.02. The Balaban J connectivity index is 2.38. The van der Waals surface area contributed by atoms with Crippen LogP contribution in [0, 0.1) is 5.92 Å². The van der Waals surface area contributed by atoms with E-state index in [9.17, 15) is 9.59 Å². The summed E-state index contributed by atoms with van der Waals surface area (Å²) in [6.45, 7) is 5.52. The minimum absolute atomic E-state index is 0.115. The fraction of sp³-hybridized carbons (Fsp3) is 0.818. The quantitative estimate of drug-likeness (QED) is 0.722. The third kappa shape index (κ3) is 4.52. The van der Waals surface area contributed by atoms with Gasteiger partial charge < -0.3 is 10.2 Å². The molecule has 3 amide bonds. The third-order valence-corrected chi connectivity index (χ3v) is 3.22. The van der Waals surface area contributed by atoms with Gasteiger partial charge in [-0.2, -0.15) is 0 Å². The van der Waals surface area contributed by atoms with Gasteiger partial charge in [0.25, 0.3) is 0 Å². The van der Waals surface area contributed by atoms with Crippen LogP contribution in [0.15, 0.2) is 0 Å². The highest BCUT2D eigenvalue weighted by atomic mass is 35.5. The summed E-state index contributed by atoms with van der Waals surface area (Å²) in [5.41, 5.74) is 0. The zero-order valence-corrected chi connectivity index (χ0v) is 11.3. The number of imide groups is 1. The highest BCUT2D eigenvalue weighted by Gasteiger charge is 2.26. The van der Waals surface area contributed by atoms with Crippen molar-refractivity contribution in [2.45, 2.75) is 31.7 Å². The van der Waals surface area contributed by atoms with Crippen molar-refractivity contribution in [2.24, 2.45) is 5.92 Å². The van der Waals surface area contributed by atoms with Crippen LogP contribution >= 0.6 is 11.6 Å². The number of carbonyl (C=O) groups excluding carboxylic acids is 2. The molecule has 0 aromatic rings. The highest BCUT2D eigenvalue weighted by Crippen LogP contribution is 2.15. The number of alkyl halides is 1. The standard InChI is InChI=1S/C11H20ClN3O2/c1-7-6-15(3)5-4-9(7)13-11(17)14-10(16)8(2)12/h7-9H,4-6H2,1-3H3,(H2,13,14,16,17). The molecule has 1 fully saturated rings. The monoisotopic (exact) mass is 261 g/mol. The molecule has 0 aliphatic carbocycles. The molecule has 0 spiro atoms. The number of halogens is 1. The Morgan fingerprint density at radius 2 is 2.12 bits per heavy atom. The molecule has 5 nitrogen and oxygen atoms in total. The first-order chi connectivity index (χ1) is 7.90. The molecule has 1 aliphatic rings. The SMILES string of the molecule is CC(Cl)C(=O)NC(=O)NC1CCN(C)CC1C. The Bertz CT molecular complexity index is 296. The molecular weight excluding hydrogens is 242 g/mol. The number of amides is 3. The predicted molar refractivity (Wildman–Crippen MR) is 67.1 cm³/mol. The fourth-order valence-corrected chi connectivity index (χ4v) is 2.04. The molecule has 0 aromatic carbocycles. The van der Waals surface area contributed by atoms with Crippen molar-refractivity contribution in [3.63, 3.8) is 0 Å². The minimum Gasteiger partial charge on any atom is -0.335 e. The molecule has 0 saturated carbocycles. The summed E-state index contributed by atoms with van der Waals surface area (Å²) in [7, 11) is 2.06. The van der Waals surface area contributed by atoms with Crippen LogP contribution in [0.1, 0.15) is 20.3 Å². The lowest BCUT2D eigenvalue weighted by Crippen LogP contribution is -2.53. The van der Waals surface area contributed by atoms with Crippen molar-refractivity contribution < 1.29 is 9.59 Å². The Morgan fingerprint density at radius 1 is 1.47 bits per heavy atom. The zero-order chi connectivity index (χ0) is 13.0. The van der Waals surface area contributed by atoms with Gasteiger partial charge in [0.2, 0.25) is 5.91 Å². The molecule has 0 bridgehead atoms. The zero-order valence-electron chi connectivity index (χ0n) is 10.5. The summed E-state index contributed by atoms with van der Waals surface area (Å²) in [6, 6.07) is -0.339. The average molecular weight is 262 g/mol. The van der Waals surface area contributed by atoms with Crippen LogP contribution < -0.4 is 10.6 Å². The topological polar surface area (TPSA) is 61.4 Å². The van der Waals surface area contributed by atoms with Crippen molar-refractivity contribution in [2.75, 3.05) is 20.1 Å². The number of urea groups is 1. The van der Waals surface area contributed by atoms with Gasteiger partial charge >= 0.3 is 6.03 Å². The van der Waals surface area contributed by atoms with Gasteiger partial charge in [0.15, 0.2) is 0 Å². The van der Waals surface area contributed by atoms with E-state index in [1.807, 2.05) is 0 Å². The van der Waals surface area contributed by atoms with Gasteiger partial charge in [0, 0.05) is 12.6 Å². The maximum Gasteiger partial charge on any atom is 0.321 e. The largest absolute Gasteiger partial charge is 0.335 e. The first kappa shape index (κ1) is 14.3. The van der Waals surface area contributed by atoms with Crippen molar-refractivity contribution >= 4 is 23.5 Å². The molecule has 1 rings (SSSR count). The van der Waals surface area contributed by atoms with Gasteiger partial charge in [-0.3, -0.25) is 10.1 Å². The first-order valence-electron chi connectivity index (χ1n) is 5.84. The van der Waals surface area contributed by atoms with Crippen molar-refractivity contribution in [3.05, 3.63) is 0 Å². The lowest BCUT2D eigenvalue weighted by molar-refractivity contribution is -0.119. The smallest absolute Gasteiger partial charge is 0.321 e. The molecule has 1 saturated heterocycles. The number of nitrogens with one attached hydrogen (secondary N) is 2. The van der Waals surface area contributed by atoms with E-state index in [1.54, 1.807) is 0 Å². The molecule has 1 heterocycles. The lowest BCUT2D eigenvalue weighted by atomic mass is 9.94. The number of hydrogen-bond acceptors (Lipinski definition) is 3. The summed E-state index contributed by atoms with van der Waals surface area (Å²) in [6.07, 6.45) is 0.899. The van der Waals surface area contributed by atoms with Crippen LogP contribution in [-0.2, 0) is 4.79 Å². The lowest BCUT2D eigenvalue weighted by Gasteiger charge is -2.35. The van der Waals surface area contributed by atoms with Gasteiger partial charge in [-0.15, -0.1) is 11.6 Å². The minimum atomic E-state index is -0.698. The molecule has 1 aliphatic heterocycles. The first-order valence-corrected chi connectivity index (χ1v) is 6.27. The summed E-state index contributed by atoms with van der Waals surface area (Å²) < 4.78 is 0.